The fraction of sp³-hybridized carbons (Fsp3) is 0.429. The average molecular weight is 266 g/mol. The molecule has 1 unspecified atom stereocenters. The molecule has 0 bridgehead atoms. The van der Waals surface area contributed by atoms with Crippen molar-refractivity contribution in [3.05, 3.63) is 15.0 Å². The molecule has 1 aromatic heterocycles. The largest absolute Gasteiger partial charge is 0.479 e. The topological polar surface area (TPSA) is 70.4 Å². The number of halogens is 1. The van der Waals surface area contributed by atoms with E-state index in [4.69, 9.17) is 5.11 Å². The van der Waals surface area contributed by atoms with E-state index in [2.05, 4.69) is 20.9 Å². The Hall–Kier alpha value is -0.460. The molecule has 1 aromatic rings. The van der Waals surface area contributed by atoms with Crippen LogP contribution in [0.15, 0.2) is 9.30 Å². The minimum absolute atomic E-state index is 0.0183. The molecule has 6 heteroatoms. The van der Waals surface area contributed by atoms with Gasteiger partial charge in [0, 0.05) is 11.8 Å². The summed E-state index contributed by atoms with van der Waals surface area (Å²) in [5.74, 6) is -1.24. The predicted octanol–water partition coefficient (Wildman–Crippen LogP) is 1.28. The van der Waals surface area contributed by atoms with Crippen LogP contribution in [0.5, 0.6) is 0 Å². The summed E-state index contributed by atoms with van der Waals surface area (Å²) in [6.07, 6.45) is 0.0183. The van der Waals surface area contributed by atoms with E-state index in [-0.39, 0.29) is 6.42 Å². The van der Waals surface area contributed by atoms with Gasteiger partial charge in [-0.3, -0.25) is 0 Å². The van der Waals surface area contributed by atoms with E-state index in [1.807, 2.05) is 0 Å². The number of aliphatic carboxylic acids is 1. The summed E-state index contributed by atoms with van der Waals surface area (Å²) in [5.41, 5.74) is -1.17. The third-order valence-electron chi connectivity index (χ3n) is 1.51. The third kappa shape index (κ3) is 2.75. The number of carboxylic acids is 1. The standard InChI is InChI=1S/C7H8BrNO3S/c1-7(12,5(10)11)2-4-3-13-6(8)9-4/h3,12H,2H2,1H3,(H,10,11). The highest BCUT2D eigenvalue weighted by molar-refractivity contribution is 9.11. The van der Waals surface area contributed by atoms with Gasteiger partial charge in [0.15, 0.2) is 9.52 Å². The van der Waals surface area contributed by atoms with Gasteiger partial charge in [-0.1, -0.05) is 0 Å². The maximum atomic E-state index is 10.5. The number of hydrogen-bond donors (Lipinski definition) is 2. The molecular weight excluding hydrogens is 258 g/mol. The lowest BCUT2D eigenvalue weighted by atomic mass is 10.0. The molecule has 0 radical (unpaired) electrons. The van der Waals surface area contributed by atoms with Gasteiger partial charge >= 0.3 is 5.97 Å². The third-order valence-corrected chi connectivity index (χ3v) is 2.92. The van der Waals surface area contributed by atoms with Crippen molar-refractivity contribution in [3.8, 4) is 0 Å². The van der Waals surface area contributed by atoms with Gasteiger partial charge in [-0.25, -0.2) is 9.78 Å². The van der Waals surface area contributed by atoms with Gasteiger partial charge in [-0.15, -0.1) is 11.3 Å². The Bertz CT molecular complexity index is 323. The molecule has 0 fully saturated rings. The molecule has 0 saturated heterocycles. The van der Waals surface area contributed by atoms with E-state index in [0.717, 1.165) is 0 Å². The Morgan fingerprint density at radius 1 is 1.85 bits per heavy atom. The summed E-state index contributed by atoms with van der Waals surface area (Å²) in [6, 6.07) is 0. The Kier molecular flexibility index (Phi) is 3.05. The van der Waals surface area contributed by atoms with Gasteiger partial charge in [-0.2, -0.15) is 0 Å². The number of thiazole rings is 1. The molecule has 0 aromatic carbocycles. The maximum absolute atomic E-state index is 10.5. The zero-order valence-corrected chi connectivity index (χ0v) is 9.22. The van der Waals surface area contributed by atoms with Crippen molar-refractivity contribution in [1.29, 1.82) is 0 Å². The van der Waals surface area contributed by atoms with Crippen LogP contribution in [0.2, 0.25) is 0 Å². The quantitative estimate of drug-likeness (QED) is 0.864. The Morgan fingerprint density at radius 2 is 2.46 bits per heavy atom. The highest BCUT2D eigenvalue weighted by atomic mass is 79.9. The molecule has 0 amide bonds. The van der Waals surface area contributed by atoms with Gasteiger partial charge in [0.2, 0.25) is 0 Å². The van der Waals surface area contributed by atoms with Crippen LogP contribution in [-0.2, 0) is 11.2 Å². The highest BCUT2D eigenvalue weighted by Crippen LogP contribution is 2.19. The summed E-state index contributed by atoms with van der Waals surface area (Å²) in [7, 11) is 0. The lowest BCUT2D eigenvalue weighted by Crippen LogP contribution is -2.37. The van der Waals surface area contributed by atoms with Crippen LogP contribution in [-0.4, -0.2) is 26.8 Å². The Balaban J connectivity index is 2.74. The minimum atomic E-state index is -1.74. The Labute approximate surface area is 87.4 Å². The first kappa shape index (κ1) is 10.6. The fourth-order valence-corrected chi connectivity index (χ4v) is 1.84. The molecule has 1 heterocycles. The highest BCUT2D eigenvalue weighted by Gasteiger charge is 2.30. The van der Waals surface area contributed by atoms with Gasteiger partial charge in [-0.05, 0) is 22.9 Å². The normalized spacial score (nSPS) is 15.3. The summed E-state index contributed by atoms with van der Waals surface area (Å²) >= 11 is 4.51. The monoisotopic (exact) mass is 265 g/mol. The summed E-state index contributed by atoms with van der Waals surface area (Å²) in [4.78, 5) is 14.5. The van der Waals surface area contributed by atoms with Crippen molar-refractivity contribution in [2.24, 2.45) is 0 Å². The summed E-state index contributed by atoms with van der Waals surface area (Å²) in [6.45, 7) is 1.25. The van der Waals surface area contributed by atoms with E-state index < -0.39 is 11.6 Å². The Morgan fingerprint density at radius 3 is 2.85 bits per heavy atom. The number of rotatable bonds is 3. The number of carbonyl (C=O) groups is 1. The number of aromatic nitrogens is 1. The zero-order chi connectivity index (χ0) is 10.1. The number of nitrogens with zero attached hydrogens (tertiary/aromatic N) is 1. The van der Waals surface area contributed by atoms with E-state index in [9.17, 15) is 9.90 Å². The molecule has 13 heavy (non-hydrogen) atoms. The smallest absolute Gasteiger partial charge is 0.335 e. The molecule has 1 rings (SSSR count). The molecule has 0 spiro atoms. The van der Waals surface area contributed by atoms with Crippen molar-refractivity contribution in [3.63, 3.8) is 0 Å². The van der Waals surface area contributed by atoms with Crippen molar-refractivity contribution >= 4 is 33.2 Å². The van der Waals surface area contributed by atoms with Crippen LogP contribution in [0.4, 0.5) is 0 Å². The maximum Gasteiger partial charge on any atom is 0.335 e. The van der Waals surface area contributed by atoms with E-state index in [0.29, 0.717) is 9.61 Å². The second kappa shape index (κ2) is 3.73. The lowest BCUT2D eigenvalue weighted by Gasteiger charge is -2.15. The molecule has 0 aliphatic carbocycles. The second-order valence-corrected chi connectivity index (χ2v) is 4.98. The zero-order valence-electron chi connectivity index (χ0n) is 6.82. The van der Waals surface area contributed by atoms with Crippen molar-refractivity contribution in [2.45, 2.75) is 18.9 Å². The molecule has 0 aliphatic heterocycles. The van der Waals surface area contributed by atoms with Crippen LogP contribution in [0, 0.1) is 0 Å². The second-order valence-electron chi connectivity index (χ2n) is 2.85. The SMILES string of the molecule is CC(O)(Cc1csc(Br)n1)C(=O)O. The van der Waals surface area contributed by atoms with E-state index in [1.54, 1.807) is 5.38 Å². The van der Waals surface area contributed by atoms with E-state index in [1.165, 1.54) is 18.3 Å². The van der Waals surface area contributed by atoms with Gasteiger partial charge < -0.3 is 10.2 Å². The predicted molar refractivity (Wildman–Crippen MR) is 51.8 cm³/mol. The fourth-order valence-electron chi connectivity index (χ4n) is 0.792. The molecule has 0 saturated carbocycles. The number of hydrogen-bond acceptors (Lipinski definition) is 4. The molecule has 1 atom stereocenters. The summed E-state index contributed by atoms with van der Waals surface area (Å²) in [5, 5.41) is 19.7. The van der Waals surface area contributed by atoms with Crippen LogP contribution in [0.3, 0.4) is 0 Å². The molecule has 72 valence electrons. The van der Waals surface area contributed by atoms with Crippen LogP contribution >= 0.6 is 27.3 Å². The van der Waals surface area contributed by atoms with E-state index >= 15 is 0 Å². The number of aliphatic hydroxyl groups is 1. The first-order valence-electron chi connectivity index (χ1n) is 3.47. The molecule has 4 nitrogen and oxygen atoms in total. The summed E-state index contributed by atoms with van der Waals surface area (Å²) < 4.78 is 0.684. The molecule has 0 aliphatic rings. The first-order valence-corrected chi connectivity index (χ1v) is 5.15. The van der Waals surface area contributed by atoms with Crippen molar-refractivity contribution in [2.75, 3.05) is 0 Å². The average Bonchev–Trinajstić information content (AvgIpc) is 2.34. The van der Waals surface area contributed by atoms with Crippen LogP contribution in [0.25, 0.3) is 0 Å². The van der Waals surface area contributed by atoms with Gasteiger partial charge in [0.25, 0.3) is 0 Å². The first-order chi connectivity index (χ1) is 5.92. The number of carboxylic acid groups (broad SMARTS) is 1. The van der Waals surface area contributed by atoms with Crippen LogP contribution in [0.1, 0.15) is 12.6 Å². The van der Waals surface area contributed by atoms with Crippen molar-refractivity contribution in [1.82, 2.24) is 4.98 Å². The molecule has 2 N–H and O–H groups in total. The van der Waals surface area contributed by atoms with Crippen molar-refractivity contribution < 1.29 is 15.0 Å². The van der Waals surface area contributed by atoms with Gasteiger partial charge in [0.05, 0.1) is 5.69 Å². The molecular formula is C7H8BrNO3S. The lowest BCUT2D eigenvalue weighted by molar-refractivity contribution is -0.156. The minimum Gasteiger partial charge on any atom is -0.479 e. The van der Waals surface area contributed by atoms with Gasteiger partial charge in [0.1, 0.15) is 0 Å². The van der Waals surface area contributed by atoms with Crippen LogP contribution < -0.4 is 0 Å².